The highest BCUT2D eigenvalue weighted by molar-refractivity contribution is 5.84. The fourth-order valence-electron chi connectivity index (χ4n) is 3.72. The Kier molecular flexibility index (Phi) is 3.46. The molecular weight excluding hydrogens is 347 g/mol. The van der Waals surface area contributed by atoms with Crippen LogP contribution in [0.5, 0.6) is 0 Å². The van der Waals surface area contributed by atoms with Gasteiger partial charge in [0.2, 0.25) is 5.56 Å². The molecule has 136 valence electrons. The second-order valence-electron chi connectivity index (χ2n) is 6.94. The lowest BCUT2D eigenvalue weighted by Gasteiger charge is -2.25. The summed E-state index contributed by atoms with van der Waals surface area (Å²) in [6.45, 7) is 0.364. The number of nitrogens with zero attached hydrogens (tertiary/aromatic N) is 4. The van der Waals surface area contributed by atoms with E-state index in [-0.39, 0.29) is 11.1 Å². The van der Waals surface area contributed by atoms with Crippen molar-refractivity contribution in [3.63, 3.8) is 0 Å². The fraction of sp³-hybridized carbons (Fsp3) is 0.263. The Morgan fingerprint density at radius 3 is 2.93 bits per heavy atom. The third kappa shape index (κ3) is 2.48. The summed E-state index contributed by atoms with van der Waals surface area (Å²) in [6, 6.07) is 6.28. The number of hydrogen-bond donors (Lipinski definition) is 2. The summed E-state index contributed by atoms with van der Waals surface area (Å²) < 4.78 is 16.2. The van der Waals surface area contributed by atoms with Crippen molar-refractivity contribution in [2.45, 2.75) is 31.7 Å². The molecule has 3 N–H and O–H groups in total. The summed E-state index contributed by atoms with van der Waals surface area (Å²) in [4.78, 5) is 27.8. The van der Waals surface area contributed by atoms with Crippen molar-refractivity contribution in [2.24, 2.45) is 0 Å². The maximum Gasteiger partial charge on any atom is 0.248 e. The lowest BCUT2D eigenvalue weighted by Crippen LogP contribution is -2.17. The molecule has 3 heterocycles. The van der Waals surface area contributed by atoms with Crippen molar-refractivity contribution in [3.8, 4) is 0 Å². The standard InChI is InChI=1S/C19H17FN6O/c20-13-6-2-5-12-11(7-14(27)24-15(12)13)8-26-18(10-3-1-4-10)25-16-17(21)22-9-23-19(16)26/h2,5-7,9-10H,1,3-4,8H2,(H,24,27)(H2,21,22,23). The van der Waals surface area contributed by atoms with Gasteiger partial charge in [-0.3, -0.25) is 4.79 Å². The van der Waals surface area contributed by atoms with Gasteiger partial charge < -0.3 is 15.3 Å². The zero-order valence-electron chi connectivity index (χ0n) is 14.4. The number of imidazole rings is 1. The highest BCUT2D eigenvalue weighted by Gasteiger charge is 2.27. The molecular formula is C19H17FN6O. The van der Waals surface area contributed by atoms with Crippen molar-refractivity contribution < 1.29 is 4.39 Å². The predicted octanol–water partition coefficient (Wildman–Crippen LogP) is 2.70. The predicted molar refractivity (Wildman–Crippen MR) is 100.0 cm³/mol. The smallest absolute Gasteiger partial charge is 0.248 e. The molecule has 0 bridgehead atoms. The van der Waals surface area contributed by atoms with Crippen LogP contribution in [-0.4, -0.2) is 24.5 Å². The number of H-pyrrole nitrogens is 1. The Balaban J connectivity index is 1.74. The average molecular weight is 364 g/mol. The number of anilines is 1. The number of para-hydroxylation sites is 1. The molecule has 0 saturated heterocycles. The summed E-state index contributed by atoms with van der Waals surface area (Å²) >= 11 is 0. The van der Waals surface area contributed by atoms with Gasteiger partial charge in [-0.25, -0.2) is 19.3 Å². The van der Waals surface area contributed by atoms with Crippen molar-refractivity contribution in [1.29, 1.82) is 0 Å². The van der Waals surface area contributed by atoms with E-state index in [1.165, 1.54) is 18.5 Å². The first-order valence-electron chi connectivity index (χ1n) is 8.89. The van der Waals surface area contributed by atoms with Crippen molar-refractivity contribution >= 4 is 27.9 Å². The van der Waals surface area contributed by atoms with Crippen LogP contribution in [0.4, 0.5) is 10.2 Å². The van der Waals surface area contributed by atoms with Crippen LogP contribution in [-0.2, 0) is 6.54 Å². The van der Waals surface area contributed by atoms with E-state index >= 15 is 0 Å². The lowest BCUT2D eigenvalue weighted by molar-refractivity contribution is 0.391. The first-order chi connectivity index (χ1) is 13.1. The van der Waals surface area contributed by atoms with Crippen LogP contribution in [0.3, 0.4) is 0 Å². The van der Waals surface area contributed by atoms with Gasteiger partial charge in [0.25, 0.3) is 0 Å². The number of nitrogens with one attached hydrogen (secondary N) is 1. The third-order valence-corrected chi connectivity index (χ3v) is 5.30. The minimum absolute atomic E-state index is 0.212. The number of nitrogen functional groups attached to an aromatic ring is 1. The zero-order chi connectivity index (χ0) is 18.5. The van der Waals surface area contributed by atoms with Crippen LogP contribution in [0, 0.1) is 5.82 Å². The Bertz CT molecular complexity index is 1240. The topological polar surface area (TPSA) is 102 Å². The third-order valence-electron chi connectivity index (χ3n) is 5.30. The lowest BCUT2D eigenvalue weighted by atomic mass is 9.85. The van der Waals surface area contributed by atoms with Gasteiger partial charge in [0.1, 0.15) is 18.0 Å². The summed E-state index contributed by atoms with van der Waals surface area (Å²) in [5.74, 6) is 1.12. The molecule has 1 fully saturated rings. The van der Waals surface area contributed by atoms with Crippen LogP contribution in [0.2, 0.25) is 0 Å². The van der Waals surface area contributed by atoms with E-state index in [2.05, 4.69) is 15.0 Å². The maximum absolute atomic E-state index is 14.2. The first-order valence-corrected chi connectivity index (χ1v) is 8.89. The second-order valence-corrected chi connectivity index (χ2v) is 6.94. The quantitative estimate of drug-likeness (QED) is 0.582. The number of rotatable bonds is 3. The number of halogens is 1. The Morgan fingerprint density at radius 2 is 2.15 bits per heavy atom. The number of hydrogen-bond acceptors (Lipinski definition) is 5. The van der Waals surface area contributed by atoms with Gasteiger partial charge in [0, 0.05) is 17.4 Å². The van der Waals surface area contributed by atoms with Gasteiger partial charge in [0.15, 0.2) is 17.0 Å². The van der Waals surface area contributed by atoms with Crippen molar-refractivity contribution in [1.82, 2.24) is 24.5 Å². The van der Waals surface area contributed by atoms with Gasteiger partial charge in [-0.15, -0.1) is 0 Å². The van der Waals surface area contributed by atoms with Gasteiger partial charge in [-0.2, -0.15) is 0 Å². The molecule has 3 aromatic heterocycles. The molecule has 0 spiro atoms. The monoisotopic (exact) mass is 364 g/mol. The van der Waals surface area contributed by atoms with Gasteiger partial charge in [0.05, 0.1) is 12.1 Å². The van der Waals surface area contributed by atoms with E-state index < -0.39 is 5.82 Å². The van der Waals surface area contributed by atoms with E-state index in [9.17, 15) is 9.18 Å². The molecule has 1 aliphatic carbocycles. The molecule has 1 aromatic carbocycles. The van der Waals surface area contributed by atoms with Gasteiger partial charge in [-0.05, 0) is 24.5 Å². The summed E-state index contributed by atoms with van der Waals surface area (Å²) in [7, 11) is 0. The molecule has 27 heavy (non-hydrogen) atoms. The van der Waals surface area contributed by atoms with E-state index in [4.69, 9.17) is 10.7 Å². The number of aromatic amines is 1. The molecule has 1 saturated carbocycles. The van der Waals surface area contributed by atoms with Crippen LogP contribution < -0.4 is 11.3 Å². The zero-order valence-corrected chi connectivity index (χ0v) is 14.4. The first kappa shape index (κ1) is 15.9. The number of fused-ring (bicyclic) bond motifs is 2. The SMILES string of the molecule is Nc1ncnc2c1nc(C1CCC1)n2Cc1cc(=O)[nH]c2c(F)cccc12. The van der Waals surface area contributed by atoms with E-state index in [0.29, 0.717) is 40.4 Å². The maximum atomic E-state index is 14.2. The van der Waals surface area contributed by atoms with E-state index in [1.807, 2.05) is 4.57 Å². The minimum atomic E-state index is -0.451. The molecule has 0 aliphatic heterocycles. The van der Waals surface area contributed by atoms with Gasteiger partial charge >= 0.3 is 0 Å². The van der Waals surface area contributed by atoms with Gasteiger partial charge in [-0.1, -0.05) is 18.6 Å². The Labute approximate surface area is 153 Å². The highest BCUT2D eigenvalue weighted by atomic mass is 19.1. The molecule has 8 heteroatoms. The summed E-state index contributed by atoms with van der Waals surface area (Å²) in [5, 5.41) is 0.665. The molecule has 1 aliphatic rings. The number of aromatic nitrogens is 5. The summed E-state index contributed by atoms with van der Waals surface area (Å²) in [5.41, 5.74) is 7.78. The number of benzene rings is 1. The van der Waals surface area contributed by atoms with Crippen LogP contribution in [0.25, 0.3) is 22.1 Å². The normalized spacial score (nSPS) is 14.7. The molecule has 0 atom stereocenters. The van der Waals surface area contributed by atoms with E-state index in [1.54, 1.807) is 12.1 Å². The summed E-state index contributed by atoms with van der Waals surface area (Å²) in [6.07, 6.45) is 4.69. The molecule has 0 radical (unpaired) electrons. The van der Waals surface area contributed by atoms with Crippen LogP contribution in [0.1, 0.15) is 36.6 Å². The largest absolute Gasteiger partial charge is 0.382 e. The molecule has 5 rings (SSSR count). The average Bonchev–Trinajstić information content (AvgIpc) is 2.94. The van der Waals surface area contributed by atoms with Crippen molar-refractivity contribution in [3.05, 3.63) is 58.2 Å². The van der Waals surface area contributed by atoms with E-state index in [0.717, 1.165) is 25.1 Å². The highest BCUT2D eigenvalue weighted by Crippen LogP contribution is 2.38. The number of pyridine rings is 1. The van der Waals surface area contributed by atoms with Crippen molar-refractivity contribution in [2.75, 3.05) is 5.73 Å². The van der Waals surface area contributed by atoms with Crippen LogP contribution >= 0.6 is 0 Å². The Morgan fingerprint density at radius 1 is 1.30 bits per heavy atom. The Hall–Kier alpha value is -3.29. The van der Waals surface area contributed by atoms with Crippen LogP contribution in [0.15, 0.2) is 35.4 Å². The molecule has 0 amide bonds. The molecule has 4 aromatic rings. The number of nitrogens with two attached hydrogens (primary N) is 1. The fourth-order valence-corrected chi connectivity index (χ4v) is 3.72. The molecule has 7 nitrogen and oxygen atoms in total. The molecule has 0 unspecified atom stereocenters. The minimum Gasteiger partial charge on any atom is -0.382 e. The second kappa shape index (κ2) is 5.87.